The quantitative estimate of drug-likeness (QED) is 0.306. The molecule has 0 aromatic carbocycles. The second-order valence-corrected chi connectivity index (χ2v) is 25.4. The van der Waals surface area contributed by atoms with Crippen molar-refractivity contribution in [2.75, 3.05) is 0 Å². The van der Waals surface area contributed by atoms with Gasteiger partial charge >= 0.3 is 0 Å². The lowest BCUT2D eigenvalue weighted by molar-refractivity contribution is -0.143. The molecule has 8 aliphatic carbocycles. The highest BCUT2D eigenvalue weighted by Crippen LogP contribution is 2.60. The minimum absolute atomic E-state index is 0.565. The molecule has 3 heteroatoms. The zero-order valence-corrected chi connectivity index (χ0v) is 38.0. The van der Waals surface area contributed by atoms with Gasteiger partial charge in [0.15, 0.2) is 0 Å². The van der Waals surface area contributed by atoms with E-state index in [4.69, 9.17) is 0 Å². The van der Waals surface area contributed by atoms with Gasteiger partial charge in [0.25, 0.3) is 0 Å². The summed E-state index contributed by atoms with van der Waals surface area (Å²) in [6.45, 7) is 10.9. The molecule has 14 atom stereocenters. The topological polar surface area (TPSA) is 18.5 Å². The summed E-state index contributed by atoms with van der Waals surface area (Å²) in [5.74, 6) is 10.0. The fraction of sp³-hybridized carbons (Fsp3) is 1.00. The SMILES string of the molecule is CC1(C)C2CCCCC2N(C2CCC(C3CCC4NC5CCC(C6CCC(N7C8CCCCC8C(C)(C)C8CCCCC87)CC6)CC5C4C3)CC2)C2CCCCC21. The first kappa shape index (κ1) is 39.7. The fourth-order valence-electron chi connectivity index (χ4n) is 20.2. The first-order valence-electron chi connectivity index (χ1n) is 27.1. The van der Waals surface area contributed by atoms with Gasteiger partial charge in [0.2, 0.25) is 0 Å². The maximum atomic E-state index is 4.35. The van der Waals surface area contributed by atoms with E-state index in [1.165, 1.54) is 141 Å². The van der Waals surface area contributed by atoms with E-state index >= 15 is 0 Å². The van der Waals surface area contributed by atoms with Crippen molar-refractivity contribution in [2.45, 2.75) is 269 Å². The second kappa shape index (κ2) is 15.9. The molecule has 0 aromatic rings. The van der Waals surface area contributed by atoms with Crippen molar-refractivity contribution in [3.63, 3.8) is 0 Å². The van der Waals surface area contributed by atoms with Crippen LogP contribution in [0.1, 0.15) is 220 Å². The van der Waals surface area contributed by atoms with Crippen LogP contribution >= 0.6 is 0 Å². The van der Waals surface area contributed by atoms with E-state index in [0.29, 0.717) is 10.8 Å². The average molecular weight is 782 g/mol. The van der Waals surface area contributed by atoms with Gasteiger partial charge in [-0.2, -0.15) is 0 Å². The summed E-state index contributed by atoms with van der Waals surface area (Å²) >= 11 is 0. The molecule has 1 N–H and O–H groups in total. The average Bonchev–Trinajstić information content (AvgIpc) is 3.62. The van der Waals surface area contributed by atoms with E-state index in [9.17, 15) is 0 Å². The minimum Gasteiger partial charge on any atom is -0.311 e. The Morgan fingerprint density at radius 1 is 0.333 bits per heavy atom. The van der Waals surface area contributed by atoms with Crippen LogP contribution in [0.5, 0.6) is 0 Å². The molecule has 0 amide bonds. The third-order valence-corrected chi connectivity index (χ3v) is 22.8. The fourth-order valence-corrected chi connectivity index (χ4v) is 20.2. The predicted octanol–water partition coefficient (Wildman–Crippen LogP) is 13.2. The zero-order chi connectivity index (χ0) is 38.5. The van der Waals surface area contributed by atoms with Crippen molar-refractivity contribution in [3.05, 3.63) is 0 Å². The molecule has 3 nitrogen and oxygen atoms in total. The highest BCUT2D eigenvalue weighted by molar-refractivity contribution is 5.11. The van der Waals surface area contributed by atoms with Gasteiger partial charge in [-0.3, -0.25) is 9.80 Å². The number of piperidine rings is 2. The molecule has 8 saturated carbocycles. The molecule has 3 heterocycles. The Balaban J connectivity index is 0.711. The third kappa shape index (κ3) is 6.85. The van der Waals surface area contributed by atoms with E-state index in [1.54, 1.807) is 51.4 Å². The lowest BCUT2D eigenvalue weighted by Gasteiger charge is -2.64. The molecule has 0 aromatic heterocycles. The Labute approximate surface area is 352 Å². The zero-order valence-electron chi connectivity index (χ0n) is 38.0. The first-order chi connectivity index (χ1) is 27.8. The number of rotatable bonds is 4. The van der Waals surface area contributed by atoms with E-state index in [2.05, 4.69) is 42.8 Å². The van der Waals surface area contributed by atoms with Crippen molar-refractivity contribution >= 4 is 0 Å². The van der Waals surface area contributed by atoms with Crippen LogP contribution in [0.3, 0.4) is 0 Å². The Kier molecular flexibility index (Phi) is 11.1. The highest BCUT2D eigenvalue weighted by atomic mass is 15.3. The lowest BCUT2D eigenvalue weighted by atomic mass is 9.54. The van der Waals surface area contributed by atoms with Gasteiger partial charge in [-0.1, -0.05) is 79.1 Å². The number of fused-ring (bicyclic) bond motifs is 7. The van der Waals surface area contributed by atoms with E-state index in [-0.39, 0.29) is 0 Å². The van der Waals surface area contributed by atoms with Crippen LogP contribution in [0.2, 0.25) is 0 Å². The summed E-state index contributed by atoms with van der Waals surface area (Å²) in [6.07, 6.45) is 45.8. The molecule has 322 valence electrons. The van der Waals surface area contributed by atoms with Gasteiger partial charge in [-0.05, 0) is 211 Å². The number of hydrogen-bond acceptors (Lipinski definition) is 3. The van der Waals surface area contributed by atoms with Crippen LogP contribution in [0.15, 0.2) is 0 Å². The van der Waals surface area contributed by atoms with Gasteiger partial charge < -0.3 is 5.32 Å². The van der Waals surface area contributed by atoms with E-state index in [0.717, 1.165) is 108 Å². The number of likely N-dealkylation sites (tertiary alicyclic amines) is 2. The van der Waals surface area contributed by atoms with Crippen molar-refractivity contribution in [1.29, 1.82) is 0 Å². The molecule has 11 aliphatic rings. The Hall–Kier alpha value is -0.120. The van der Waals surface area contributed by atoms with Crippen LogP contribution in [0, 0.1) is 70.0 Å². The molecule has 0 radical (unpaired) electrons. The second-order valence-electron chi connectivity index (χ2n) is 25.4. The first-order valence-corrected chi connectivity index (χ1v) is 27.1. The number of nitrogens with one attached hydrogen (secondary N) is 1. The molecule has 14 unspecified atom stereocenters. The molecule has 0 bridgehead atoms. The van der Waals surface area contributed by atoms with Gasteiger partial charge in [-0.25, -0.2) is 0 Å². The summed E-state index contributed by atoms with van der Waals surface area (Å²) in [5, 5.41) is 4.35. The van der Waals surface area contributed by atoms with Crippen molar-refractivity contribution in [1.82, 2.24) is 15.1 Å². The summed E-state index contributed by atoms with van der Waals surface area (Å²) in [5.41, 5.74) is 1.13. The van der Waals surface area contributed by atoms with Crippen LogP contribution in [0.25, 0.3) is 0 Å². The van der Waals surface area contributed by atoms with Gasteiger partial charge in [-0.15, -0.1) is 0 Å². The summed E-state index contributed by atoms with van der Waals surface area (Å²) in [7, 11) is 0. The van der Waals surface area contributed by atoms with Crippen LogP contribution in [-0.2, 0) is 0 Å². The Morgan fingerprint density at radius 2 is 0.632 bits per heavy atom. The molecule has 11 fully saturated rings. The third-order valence-electron chi connectivity index (χ3n) is 22.8. The van der Waals surface area contributed by atoms with Crippen LogP contribution in [0.4, 0.5) is 0 Å². The molecular formula is C54H91N3. The summed E-state index contributed by atoms with van der Waals surface area (Å²) in [4.78, 5) is 6.61. The number of hydrogen-bond donors (Lipinski definition) is 1. The molecular weight excluding hydrogens is 691 g/mol. The standard InChI is InChI=1S/C54H91N3/c1-53(2)43-13-5-9-17-49(43)56(50-18-10-6-14-44(50)53)39-27-21-35(22-28-39)37-25-31-47-41(33-37)42-34-38(26-32-48(42)55-47)36-23-29-40(30-24-36)57-51-19-11-7-15-45(51)54(3,4)46-16-8-12-20-52(46)57/h35-52,55H,5-34H2,1-4H3. The van der Waals surface area contributed by atoms with Crippen LogP contribution in [-0.4, -0.2) is 58.1 Å². The molecule has 3 saturated heterocycles. The van der Waals surface area contributed by atoms with Gasteiger partial charge in [0.05, 0.1) is 0 Å². The monoisotopic (exact) mass is 782 g/mol. The number of nitrogens with zero attached hydrogens (tertiary/aromatic N) is 2. The maximum Gasteiger partial charge on any atom is 0.0135 e. The van der Waals surface area contributed by atoms with Gasteiger partial charge in [0, 0.05) is 48.3 Å². The largest absolute Gasteiger partial charge is 0.311 e. The van der Waals surface area contributed by atoms with Gasteiger partial charge in [0.1, 0.15) is 0 Å². The minimum atomic E-state index is 0.565. The highest BCUT2D eigenvalue weighted by Gasteiger charge is 2.58. The molecule has 11 rings (SSSR count). The molecule has 3 aliphatic heterocycles. The van der Waals surface area contributed by atoms with Crippen molar-refractivity contribution in [2.24, 2.45) is 70.0 Å². The molecule has 57 heavy (non-hydrogen) atoms. The maximum absolute atomic E-state index is 4.35. The van der Waals surface area contributed by atoms with E-state index in [1.807, 2.05) is 0 Å². The van der Waals surface area contributed by atoms with Crippen LogP contribution < -0.4 is 5.32 Å². The van der Waals surface area contributed by atoms with Crippen molar-refractivity contribution in [3.8, 4) is 0 Å². The lowest BCUT2D eigenvalue weighted by Crippen LogP contribution is -2.66. The molecule has 0 spiro atoms. The summed E-state index contributed by atoms with van der Waals surface area (Å²) < 4.78 is 0. The normalized spacial score (nSPS) is 52.6. The van der Waals surface area contributed by atoms with Crippen molar-refractivity contribution < 1.29 is 0 Å². The Bertz CT molecular complexity index is 1220. The Morgan fingerprint density at radius 3 is 0.965 bits per heavy atom. The van der Waals surface area contributed by atoms with E-state index < -0.39 is 0 Å². The predicted molar refractivity (Wildman–Crippen MR) is 238 cm³/mol. The smallest absolute Gasteiger partial charge is 0.0135 e. The summed E-state index contributed by atoms with van der Waals surface area (Å²) in [6, 6.07) is 7.18.